The van der Waals surface area contributed by atoms with Crippen LogP contribution >= 0.6 is 0 Å². The molecule has 0 aliphatic heterocycles. The Kier molecular flexibility index (Phi) is 6.98. The fourth-order valence-electron chi connectivity index (χ4n) is 2.48. The summed E-state index contributed by atoms with van der Waals surface area (Å²) >= 11 is 0. The maximum atomic E-state index is 10.3. The Balaban J connectivity index is 0.00000122. The molecule has 0 bridgehead atoms. The highest BCUT2D eigenvalue weighted by molar-refractivity contribution is 6.74. The highest BCUT2D eigenvalue weighted by Crippen LogP contribution is 2.41. The summed E-state index contributed by atoms with van der Waals surface area (Å²) in [6.45, 7) is 14.8. The molecule has 6 heteroatoms. The molecule has 0 unspecified atom stereocenters. The fourth-order valence-corrected chi connectivity index (χ4v) is 3.82. The maximum absolute atomic E-state index is 10.3. The van der Waals surface area contributed by atoms with Crippen molar-refractivity contribution >= 4 is 14.5 Å². The first-order valence-electron chi connectivity index (χ1n) is 7.35. The van der Waals surface area contributed by atoms with Crippen molar-refractivity contribution in [2.45, 2.75) is 83.4 Å². The average molecular weight is 318 g/mol. The SMILES string of the molecule is C[C@@H]1C[C@@](C)(O)C[C@@H](O[Si](C)(C)C(C)(C)C)[C@H]1O.O=C=O. The smallest absolute Gasteiger partial charge is 0.373 e. The van der Waals surface area contributed by atoms with Gasteiger partial charge in [0.05, 0.1) is 17.8 Å². The van der Waals surface area contributed by atoms with Crippen molar-refractivity contribution in [3.05, 3.63) is 0 Å². The molecule has 0 saturated heterocycles. The second-order valence-electron chi connectivity index (χ2n) is 7.87. The van der Waals surface area contributed by atoms with Crippen molar-refractivity contribution in [2.75, 3.05) is 0 Å². The van der Waals surface area contributed by atoms with Gasteiger partial charge in [0.1, 0.15) is 0 Å². The Morgan fingerprint density at radius 2 is 1.67 bits per heavy atom. The van der Waals surface area contributed by atoms with Gasteiger partial charge >= 0.3 is 6.15 Å². The van der Waals surface area contributed by atoms with Gasteiger partial charge in [-0.05, 0) is 37.4 Å². The van der Waals surface area contributed by atoms with Gasteiger partial charge in [0.15, 0.2) is 8.32 Å². The van der Waals surface area contributed by atoms with Crippen molar-refractivity contribution < 1.29 is 24.2 Å². The van der Waals surface area contributed by atoms with E-state index in [2.05, 4.69) is 33.9 Å². The van der Waals surface area contributed by atoms with Crippen LogP contribution in [0.3, 0.4) is 0 Å². The number of carbonyl (C=O) groups excluding carboxylic acids is 2. The Labute approximate surface area is 128 Å². The zero-order valence-electron chi connectivity index (χ0n) is 14.3. The zero-order valence-corrected chi connectivity index (χ0v) is 15.3. The summed E-state index contributed by atoms with van der Waals surface area (Å²) in [5, 5.41) is 20.7. The maximum Gasteiger partial charge on any atom is 0.373 e. The molecule has 21 heavy (non-hydrogen) atoms. The molecular weight excluding hydrogens is 288 g/mol. The summed E-state index contributed by atoms with van der Waals surface area (Å²) in [5.74, 6) is 0.0866. The van der Waals surface area contributed by atoms with E-state index in [0.29, 0.717) is 12.8 Å². The zero-order chi connectivity index (χ0) is 17.1. The molecule has 0 aromatic heterocycles. The molecule has 1 aliphatic rings. The van der Waals surface area contributed by atoms with Gasteiger partial charge in [-0.2, -0.15) is 9.59 Å². The largest absolute Gasteiger partial charge is 0.411 e. The van der Waals surface area contributed by atoms with E-state index in [4.69, 9.17) is 14.0 Å². The van der Waals surface area contributed by atoms with E-state index < -0.39 is 20.0 Å². The van der Waals surface area contributed by atoms with Crippen molar-refractivity contribution in [3.8, 4) is 0 Å². The molecule has 0 heterocycles. The molecule has 1 fully saturated rings. The van der Waals surface area contributed by atoms with Crippen LogP contribution in [0.25, 0.3) is 0 Å². The van der Waals surface area contributed by atoms with Crippen LogP contribution in [-0.4, -0.2) is 42.5 Å². The highest BCUT2D eigenvalue weighted by Gasteiger charge is 2.46. The van der Waals surface area contributed by atoms with Gasteiger partial charge in [-0.25, -0.2) is 0 Å². The monoisotopic (exact) mass is 318 g/mol. The van der Waals surface area contributed by atoms with Crippen LogP contribution in [0.15, 0.2) is 0 Å². The van der Waals surface area contributed by atoms with Crippen molar-refractivity contribution in [2.24, 2.45) is 5.92 Å². The summed E-state index contributed by atoms with van der Waals surface area (Å²) in [7, 11) is -1.90. The van der Waals surface area contributed by atoms with Crippen LogP contribution in [0.5, 0.6) is 0 Å². The molecule has 5 nitrogen and oxygen atoms in total. The molecular formula is C15H30O5Si. The number of aliphatic hydroxyl groups excluding tert-OH is 1. The Hall–Kier alpha value is -0.523. The highest BCUT2D eigenvalue weighted by atomic mass is 28.4. The lowest BCUT2D eigenvalue weighted by atomic mass is 9.77. The summed E-state index contributed by atoms with van der Waals surface area (Å²) < 4.78 is 6.29. The molecule has 0 aromatic rings. The summed E-state index contributed by atoms with van der Waals surface area (Å²) in [6, 6.07) is 0. The normalized spacial score (nSPS) is 33.7. The summed E-state index contributed by atoms with van der Waals surface area (Å²) in [4.78, 5) is 16.2. The van der Waals surface area contributed by atoms with Crippen LogP contribution in [0.4, 0.5) is 0 Å². The van der Waals surface area contributed by atoms with Gasteiger partial charge in [0, 0.05) is 6.42 Å². The minimum atomic E-state index is -1.90. The van der Waals surface area contributed by atoms with E-state index >= 15 is 0 Å². The minimum Gasteiger partial charge on any atom is -0.411 e. The van der Waals surface area contributed by atoms with E-state index in [1.807, 2.05) is 13.8 Å². The Morgan fingerprint density at radius 1 is 1.24 bits per heavy atom. The van der Waals surface area contributed by atoms with E-state index in [9.17, 15) is 10.2 Å². The molecule has 0 radical (unpaired) electrons. The van der Waals surface area contributed by atoms with Gasteiger partial charge in [-0.3, -0.25) is 0 Å². The van der Waals surface area contributed by atoms with Gasteiger partial charge in [-0.1, -0.05) is 27.7 Å². The van der Waals surface area contributed by atoms with Crippen molar-refractivity contribution in [1.29, 1.82) is 0 Å². The summed E-state index contributed by atoms with van der Waals surface area (Å²) in [5.41, 5.74) is -0.717. The van der Waals surface area contributed by atoms with E-state index in [1.165, 1.54) is 0 Å². The van der Waals surface area contributed by atoms with Crippen LogP contribution in [0.1, 0.15) is 47.5 Å². The van der Waals surface area contributed by atoms with Gasteiger partial charge in [-0.15, -0.1) is 0 Å². The van der Waals surface area contributed by atoms with Crippen LogP contribution in [0.2, 0.25) is 18.1 Å². The number of hydrogen-bond acceptors (Lipinski definition) is 5. The van der Waals surface area contributed by atoms with Crippen LogP contribution < -0.4 is 0 Å². The van der Waals surface area contributed by atoms with Gasteiger partial charge in [0.2, 0.25) is 0 Å². The number of aliphatic hydroxyl groups is 2. The first kappa shape index (κ1) is 20.5. The predicted octanol–water partition coefficient (Wildman–Crippen LogP) is 2.34. The second kappa shape index (κ2) is 7.16. The molecule has 1 saturated carbocycles. The van der Waals surface area contributed by atoms with Crippen molar-refractivity contribution in [1.82, 2.24) is 0 Å². The topological polar surface area (TPSA) is 83.8 Å². The van der Waals surface area contributed by atoms with E-state index in [-0.39, 0.29) is 23.2 Å². The third kappa shape index (κ3) is 6.00. The quantitative estimate of drug-likeness (QED) is 0.763. The Morgan fingerprint density at radius 3 is 2.05 bits per heavy atom. The van der Waals surface area contributed by atoms with Gasteiger partial charge in [0.25, 0.3) is 0 Å². The van der Waals surface area contributed by atoms with E-state index in [1.54, 1.807) is 0 Å². The third-order valence-electron chi connectivity index (χ3n) is 4.62. The second-order valence-corrected chi connectivity index (χ2v) is 12.6. The molecule has 1 rings (SSSR count). The average Bonchev–Trinajstić information content (AvgIpc) is 2.23. The van der Waals surface area contributed by atoms with Crippen LogP contribution in [-0.2, 0) is 14.0 Å². The fraction of sp³-hybridized carbons (Fsp3) is 0.933. The van der Waals surface area contributed by atoms with E-state index in [0.717, 1.165) is 0 Å². The van der Waals surface area contributed by atoms with Gasteiger partial charge < -0.3 is 14.6 Å². The molecule has 2 N–H and O–H groups in total. The lowest BCUT2D eigenvalue weighted by Crippen LogP contribution is -2.54. The lowest BCUT2D eigenvalue weighted by Gasteiger charge is -2.46. The Bertz CT molecular complexity index is 367. The minimum absolute atomic E-state index is 0.0866. The standard InChI is InChI=1S/C14H30O3Si.CO2/c1-10-8-14(5,16)9-11(12(10)15)17-18(6,7)13(2,3)4;2-1-3/h10-12,15-16H,8-9H2,1-7H3;/t10-,11-,12+,14-;/m1./s1. The predicted molar refractivity (Wildman–Crippen MR) is 82.1 cm³/mol. The molecule has 0 amide bonds. The number of hydrogen-bond donors (Lipinski definition) is 2. The van der Waals surface area contributed by atoms with Crippen LogP contribution in [0, 0.1) is 5.92 Å². The molecule has 1 aliphatic carbocycles. The lowest BCUT2D eigenvalue weighted by molar-refractivity contribution is -0.191. The molecule has 4 atom stereocenters. The first-order chi connectivity index (χ1) is 9.27. The third-order valence-corrected chi connectivity index (χ3v) is 9.12. The molecule has 0 spiro atoms. The first-order valence-corrected chi connectivity index (χ1v) is 10.3. The summed E-state index contributed by atoms with van der Waals surface area (Å²) in [6.07, 6.45) is 0.736. The molecule has 0 aromatic carbocycles. The molecule has 124 valence electrons. The number of rotatable bonds is 2. The van der Waals surface area contributed by atoms with Crippen molar-refractivity contribution in [3.63, 3.8) is 0 Å².